The minimum absolute atomic E-state index is 0.0207. The zero-order valence-corrected chi connectivity index (χ0v) is 9.49. The summed E-state index contributed by atoms with van der Waals surface area (Å²) in [6.45, 7) is 3.34. The van der Waals surface area contributed by atoms with E-state index < -0.39 is 0 Å². The van der Waals surface area contributed by atoms with Gasteiger partial charge in [0.05, 0.1) is 6.61 Å². The third-order valence-electron chi connectivity index (χ3n) is 1.90. The second kappa shape index (κ2) is 6.37. The topological polar surface area (TPSA) is 43.4 Å². The molecule has 4 nitrogen and oxygen atoms in total. The molecular weight excluding hydrogens is 192 g/mol. The molecule has 84 valence electrons. The Morgan fingerprint density at radius 3 is 3.00 bits per heavy atom. The summed E-state index contributed by atoms with van der Waals surface area (Å²) in [6, 6.07) is 3.90. The van der Waals surface area contributed by atoms with E-state index in [1.165, 1.54) is 0 Å². The third-order valence-corrected chi connectivity index (χ3v) is 1.90. The van der Waals surface area contributed by atoms with Crippen LogP contribution >= 0.6 is 0 Å². The van der Waals surface area contributed by atoms with Crippen LogP contribution in [0.2, 0.25) is 0 Å². The first kappa shape index (κ1) is 11.9. The Kier molecular flexibility index (Phi) is 5.07. The zero-order chi connectivity index (χ0) is 11.1. The lowest BCUT2D eigenvalue weighted by Gasteiger charge is -2.13. The highest BCUT2D eigenvalue weighted by molar-refractivity contribution is 5.20. The van der Waals surface area contributed by atoms with Gasteiger partial charge in [0, 0.05) is 25.9 Å². The number of hydrogen-bond acceptors (Lipinski definition) is 4. The molecule has 0 aliphatic heterocycles. The Balaban J connectivity index is 2.56. The molecule has 0 spiro atoms. The molecule has 0 saturated carbocycles. The van der Waals surface area contributed by atoms with Gasteiger partial charge in [0.25, 0.3) is 0 Å². The number of methoxy groups -OCH3 is 1. The Labute approximate surface area is 90.6 Å². The molecule has 1 unspecified atom stereocenters. The van der Waals surface area contributed by atoms with Crippen molar-refractivity contribution in [3.8, 4) is 5.88 Å². The lowest BCUT2D eigenvalue weighted by Crippen LogP contribution is -2.18. The van der Waals surface area contributed by atoms with Gasteiger partial charge in [-0.1, -0.05) is 0 Å². The minimum atomic E-state index is 0.0207. The van der Waals surface area contributed by atoms with Crippen LogP contribution in [0, 0.1) is 0 Å². The monoisotopic (exact) mass is 210 g/mol. The maximum absolute atomic E-state index is 5.58. The average molecular weight is 210 g/mol. The van der Waals surface area contributed by atoms with Crippen molar-refractivity contribution in [1.29, 1.82) is 0 Å². The van der Waals surface area contributed by atoms with E-state index in [1.807, 2.05) is 26.1 Å². The molecule has 0 aliphatic carbocycles. The zero-order valence-electron chi connectivity index (χ0n) is 9.49. The molecule has 0 saturated heterocycles. The Morgan fingerprint density at radius 1 is 1.53 bits per heavy atom. The highest BCUT2D eigenvalue weighted by Gasteiger charge is 2.04. The van der Waals surface area contributed by atoms with E-state index in [1.54, 1.807) is 13.3 Å². The molecule has 1 heterocycles. The number of nitrogens with zero attached hydrogens (tertiary/aromatic N) is 1. The van der Waals surface area contributed by atoms with Crippen molar-refractivity contribution in [2.45, 2.75) is 19.6 Å². The van der Waals surface area contributed by atoms with Crippen LogP contribution < -0.4 is 10.1 Å². The predicted molar refractivity (Wildman–Crippen MR) is 59.0 cm³/mol. The van der Waals surface area contributed by atoms with Crippen LogP contribution in [-0.2, 0) is 11.3 Å². The Morgan fingerprint density at radius 2 is 2.33 bits per heavy atom. The molecule has 0 amide bonds. The highest BCUT2D eigenvalue weighted by Crippen LogP contribution is 2.11. The predicted octanol–water partition coefficient (Wildman–Crippen LogP) is 1.21. The molecule has 0 fully saturated rings. The fraction of sp³-hybridized carbons (Fsp3) is 0.545. The largest absolute Gasteiger partial charge is 0.472 e. The molecule has 0 aliphatic rings. The van der Waals surface area contributed by atoms with Gasteiger partial charge in [-0.3, -0.25) is 0 Å². The molecule has 0 aromatic carbocycles. The lowest BCUT2D eigenvalue weighted by molar-refractivity contribution is 0.0889. The van der Waals surface area contributed by atoms with E-state index in [0.717, 1.165) is 12.1 Å². The number of rotatable bonds is 6. The van der Waals surface area contributed by atoms with E-state index in [2.05, 4.69) is 10.3 Å². The summed E-state index contributed by atoms with van der Waals surface area (Å²) in [5, 5.41) is 3.08. The second-order valence-corrected chi connectivity index (χ2v) is 3.42. The number of aromatic nitrogens is 1. The van der Waals surface area contributed by atoms with Crippen LogP contribution in [0.4, 0.5) is 0 Å². The molecule has 1 aromatic rings. The molecule has 4 heteroatoms. The van der Waals surface area contributed by atoms with Gasteiger partial charge in [0.1, 0.15) is 6.10 Å². The standard InChI is InChI=1S/C11H18N2O2/c1-9(8-14-3)15-11-6-10(7-12-2)4-5-13-11/h4-6,9,12H,7-8H2,1-3H3. The average Bonchev–Trinajstić information content (AvgIpc) is 2.19. The first-order chi connectivity index (χ1) is 7.26. The van der Waals surface area contributed by atoms with Crippen molar-refractivity contribution < 1.29 is 9.47 Å². The summed E-state index contributed by atoms with van der Waals surface area (Å²) in [5.41, 5.74) is 1.16. The summed E-state index contributed by atoms with van der Waals surface area (Å²) < 4.78 is 10.6. The molecular formula is C11H18N2O2. The van der Waals surface area contributed by atoms with Crippen molar-refractivity contribution in [3.05, 3.63) is 23.9 Å². The van der Waals surface area contributed by atoms with Crippen molar-refractivity contribution in [2.24, 2.45) is 0 Å². The van der Waals surface area contributed by atoms with Crippen LogP contribution in [-0.4, -0.2) is 31.9 Å². The van der Waals surface area contributed by atoms with Gasteiger partial charge in [-0.05, 0) is 25.6 Å². The normalized spacial score (nSPS) is 12.5. The molecule has 0 bridgehead atoms. The minimum Gasteiger partial charge on any atom is -0.472 e. The number of hydrogen-bond donors (Lipinski definition) is 1. The quantitative estimate of drug-likeness (QED) is 0.766. The summed E-state index contributed by atoms with van der Waals surface area (Å²) in [4.78, 5) is 4.14. The van der Waals surface area contributed by atoms with Crippen LogP contribution in [0.15, 0.2) is 18.3 Å². The van der Waals surface area contributed by atoms with Crippen molar-refractivity contribution >= 4 is 0 Å². The fourth-order valence-corrected chi connectivity index (χ4v) is 1.30. The van der Waals surface area contributed by atoms with E-state index in [4.69, 9.17) is 9.47 Å². The smallest absolute Gasteiger partial charge is 0.213 e. The van der Waals surface area contributed by atoms with E-state index in [-0.39, 0.29) is 6.10 Å². The van der Waals surface area contributed by atoms with E-state index in [9.17, 15) is 0 Å². The summed E-state index contributed by atoms with van der Waals surface area (Å²) >= 11 is 0. The van der Waals surface area contributed by atoms with Crippen molar-refractivity contribution in [1.82, 2.24) is 10.3 Å². The van der Waals surface area contributed by atoms with Gasteiger partial charge >= 0.3 is 0 Å². The van der Waals surface area contributed by atoms with E-state index >= 15 is 0 Å². The van der Waals surface area contributed by atoms with Gasteiger partial charge in [0.15, 0.2) is 0 Å². The number of nitrogens with one attached hydrogen (secondary N) is 1. The van der Waals surface area contributed by atoms with Crippen LogP contribution in [0.1, 0.15) is 12.5 Å². The molecule has 15 heavy (non-hydrogen) atoms. The van der Waals surface area contributed by atoms with Gasteiger partial charge in [-0.2, -0.15) is 0 Å². The van der Waals surface area contributed by atoms with Crippen LogP contribution in [0.5, 0.6) is 5.88 Å². The van der Waals surface area contributed by atoms with Gasteiger partial charge < -0.3 is 14.8 Å². The highest BCUT2D eigenvalue weighted by atomic mass is 16.5. The van der Waals surface area contributed by atoms with Crippen LogP contribution in [0.3, 0.4) is 0 Å². The first-order valence-electron chi connectivity index (χ1n) is 5.01. The number of pyridine rings is 1. The van der Waals surface area contributed by atoms with Crippen LogP contribution in [0.25, 0.3) is 0 Å². The summed E-state index contributed by atoms with van der Waals surface area (Å²) in [5.74, 6) is 0.646. The van der Waals surface area contributed by atoms with E-state index in [0.29, 0.717) is 12.5 Å². The third kappa shape index (κ3) is 4.27. The summed E-state index contributed by atoms with van der Waals surface area (Å²) in [6.07, 6.45) is 1.77. The van der Waals surface area contributed by atoms with Crippen molar-refractivity contribution in [2.75, 3.05) is 20.8 Å². The maximum atomic E-state index is 5.58. The second-order valence-electron chi connectivity index (χ2n) is 3.42. The van der Waals surface area contributed by atoms with Crippen molar-refractivity contribution in [3.63, 3.8) is 0 Å². The van der Waals surface area contributed by atoms with Gasteiger partial charge in [-0.15, -0.1) is 0 Å². The first-order valence-corrected chi connectivity index (χ1v) is 5.01. The molecule has 1 rings (SSSR count). The molecule has 1 aromatic heterocycles. The molecule has 1 N–H and O–H groups in total. The lowest BCUT2D eigenvalue weighted by atomic mass is 10.2. The Hall–Kier alpha value is -1.13. The fourth-order valence-electron chi connectivity index (χ4n) is 1.30. The number of ether oxygens (including phenoxy) is 2. The maximum Gasteiger partial charge on any atom is 0.213 e. The molecule has 1 atom stereocenters. The summed E-state index contributed by atoms with van der Waals surface area (Å²) in [7, 11) is 3.57. The SMILES string of the molecule is CNCc1ccnc(OC(C)COC)c1. The van der Waals surface area contributed by atoms with Gasteiger partial charge in [0.2, 0.25) is 5.88 Å². The molecule has 0 radical (unpaired) electrons. The van der Waals surface area contributed by atoms with Gasteiger partial charge in [-0.25, -0.2) is 4.98 Å². The Bertz CT molecular complexity index is 292.